The van der Waals surface area contributed by atoms with Crippen molar-refractivity contribution in [2.75, 3.05) is 12.8 Å². The van der Waals surface area contributed by atoms with Gasteiger partial charge in [0.25, 0.3) is 0 Å². The largest absolute Gasteiger partial charge is 0.496 e. The first-order valence-electron chi connectivity index (χ1n) is 5.91. The highest BCUT2D eigenvalue weighted by atomic mass is 16.5. The van der Waals surface area contributed by atoms with E-state index in [1.165, 1.54) is 0 Å². The molecule has 6 heteroatoms. The van der Waals surface area contributed by atoms with Gasteiger partial charge in [0.05, 0.1) is 18.8 Å². The Hall–Kier alpha value is -2.37. The van der Waals surface area contributed by atoms with Gasteiger partial charge in [-0.1, -0.05) is 12.1 Å². The molecule has 0 spiro atoms. The standard InChI is InChI=1S/C13H16N4O2/c1-8(2)19-13-16-11(15-12(14)17-13)9-6-4-5-7-10(9)18-3/h4-8H,1-3H3,(H2,14,15,16,17). The van der Waals surface area contributed by atoms with Crippen LogP contribution in [0.5, 0.6) is 11.8 Å². The first kappa shape index (κ1) is 13.1. The predicted octanol–water partition coefficient (Wildman–Crippen LogP) is 1.92. The van der Waals surface area contributed by atoms with Gasteiger partial charge in [0, 0.05) is 0 Å². The van der Waals surface area contributed by atoms with E-state index in [-0.39, 0.29) is 18.1 Å². The summed E-state index contributed by atoms with van der Waals surface area (Å²) >= 11 is 0. The van der Waals surface area contributed by atoms with Crippen molar-refractivity contribution < 1.29 is 9.47 Å². The van der Waals surface area contributed by atoms with Gasteiger partial charge in [-0.3, -0.25) is 0 Å². The fourth-order valence-electron chi connectivity index (χ4n) is 1.59. The minimum absolute atomic E-state index is 0.0349. The molecule has 19 heavy (non-hydrogen) atoms. The molecule has 2 N–H and O–H groups in total. The van der Waals surface area contributed by atoms with Crippen LogP contribution >= 0.6 is 0 Å². The number of hydrogen-bond acceptors (Lipinski definition) is 6. The number of ether oxygens (including phenoxy) is 2. The maximum atomic E-state index is 5.68. The van der Waals surface area contributed by atoms with Crippen molar-refractivity contribution in [2.24, 2.45) is 0 Å². The molecule has 0 aliphatic heterocycles. The van der Waals surface area contributed by atoms with E-state index in [0.717, 1.165) is 5.56 Å². The Labute approximate surface area is 111 Å². The quantitative estimate of drug-likeness (QED) is 0.904. The smallest absolute Gasteiger partial charge is 0.322 e. The SMILES string of the molecule is COc1ccccc1-c1nc(N)nc(OC(C)C)n1. The number of methoxy groups -OCH3 is 1. The van der Waals surface area contributed by atoms with Crippen LogP contribution in [-0.4, -0.2) is 28.2 Å². The third-order valence-corrected chi connectivity index (χ3v) is 2.32. The van der Waals surface area contributed by atoms with Crippen LogP contribution in [0.4, 0.5) is 5.95 Å². The normalized spacial score (nSPS) is 10.5. The lowest BCUT2D eigenvalue weighted by atomic mass is 10.2. The zero-order chi connectivity index (χ0) is 13.8. The summed E-state index contributed by atoms with van der Waals surface area (Å²) in [5.41, 5.74) is 6.42. The average Bonchev–Trinajstić information content (AvgIpc) is 2.37. The molecule has 2 aromatic rings. The molecular weight excluding hydrogens is 244 g/mol. The number of nitrogens with two attached hydrogens (primary N) is 1. The van der Waals surface area contributed by atoms with Crippen LogP contribution in [0.3, 0.4) is 0 Å². The van der Waals surface area contributed by atoms with E-state index in [4.69, 9.17) is 15.2 Å². The second-order valence-electron chi connectivity index (χ2n) is 4.17. The number of para-hydroxylation sites is 1. The highest BCUT2D eigenvalue weighted by Crippen LogP contribution is 2.27. The first-order chi connectivity index (χ1) is 9.10. The Morgan fingerprint density at radius 3 is 2.53 bits per heavy atom. The van der Waals surface area contributed by atoms with Crippen LogP contribution in [0.2, 0.25) is 0 Å². The molecule has 2 rings (SSSR count). The molecule has 0 aliphatic carbocycles. The number of aromatic nitrogens is 3. The van der Waals surface area contributed by atoms with Crippen molar-refractivity contribution in [2.45, 2.75) is 20.0 Å². The molecule has 0 atom stereocenters. The fourth-order valence-corrected chi connectivity index (χ4v) is 1.59. The lowest BCUT2D eigenvalue weighted by Crippen LogP contribution is -2.11. The monoisotopic (exact) mass is 260 g/mol. The molecule has 0 radical (unpaired) electrons. The van der Waals surface area contributed by atoms with E-state index >= 15 is 0 Å². The molecule has 0 bridgehead atoms. The van der Waals surface area contributed by atoms with Crippen molar-refractivity contribution in [3.8, 4) is 23.1 Å². The maximum Gasteiger partial charge on any atom is 0.322 e. The van der Waals surface area contributed by atoms with Crippen molar-refractivity contribution in [3.05, 3.63) is 24.3 Å². The van der Waals surface area contributed by atoms with E-state index < -0.39 is 0 Å². The minimum Gasteiger partial charge on any atom is -0.496 e. The summed E-state index contributed by atoms with van der Waals surface area (Å²) in [5.74, 6) is 1.22. The van der Waals surface area contributed by atoms with E-state index in [2.05, 4.69) is 15.0 Å². The van der Waals surface area contributed by atoms with Crippen LogP contribution in [0, 0.1) is 0 Å². The van der Waals surface area contributed by atoms with E-state index in [9.17, 15) is 0 Å². The second kappa shape index (κ2) is 5.51. The second-order valence-corrected chi connectivity index (χ2v) is 4.17. The highest BCUT2D eigenvalue weighted by Gasteiger charge is 2.12. The van der Waals surface area contributed by atoms with Gasteiger partial charge in [-0.15, -0.1) is 0 Å². The van der Waals surface area contributed by atoms with Gasteiger partial charge in [0.15, 0.2) is 5.82 Å². The molecule has 6 nitrogen and oxygen atoms in total. The number of hydrogen-bond donors (Lipinski definition) is 1. The third kappa shape index (κ3) is 3.09. The van der Waals surface area contributed by atoms with Crippen molar-refractivity contribution >= 4 is 5.95 Å². The van der Waals surface area contributed by atoms with E-state index in [1.807, 2.05) is 38.1 Å². The van der Waals surface area contributed by atoms with E-state index in [1.54, 1.807) is 7.11 Å². The summed E-state index contributed by atoms with van der Waals surface area (Å²) < 4.78 is 10.7. The van der Waals surface area contributed by atoms with Gasteiger partial charge in [0.1, 0.15) is 5.75 Å². The number of benzene rings is 1. The van der Waals surface area contributed by atoms with Crippen molar-refractivity contribution in [1.82, 2.24) is 15.0 Å². The molecule has 0 unspecified atom stereocenters. The molecule has 0 fully saturated rings. The summed E-state index contributed by atoms with van der Waals surface area (Å²) in [4.78, 5) is 12.3. The topological polar surface area (TPSA) is 83.2 Å². The molecule has 0 saturated carbocycles. The molecule has 100 valence electrons. The zero-order valence-corrected chi connectivity index (χ0v) is 11.1. The number of nitrogen functional groups attached to an aromatic ring is 1. The predicted molar refractivity (Wildman–Crippen MR) is 72.0 cm³/mol. The van der Waals surface area contributed by atoms with Gasteiger partial charge in [-0.05, 0) is 26.0 Å². The number of rotatable bonds is 4. The van der Waals surface area contributed by atoms with Gasteiger partial charge >= 0.3 is 6.01 Å². The Morgan fingerprint density at radius 2 is 1.84 bits per heavy atom. The van der Waals surface area contributed by atoms with Gasteiger partial charge in [0.2, 0.25) is 5.95 Å². The average molecular weight is 260 g/mol. The summed E-state index contributed by atoms with van der Waals surface area (Å²) in [6.45, 7) is 3.78. The number of nitrogens with zero attached hydrogens (tertiary/aromatic N) is 3. The first-order valence-corrected chi connectivity index (χ1v) is 5.91. The fraction of sp³-hybridized carbons (Fsp3) is 0.308. The van der Waals surface area contributed by atoms with Crippen LogP contribution < -0.4 is 15.2 Å². The Morgan fingerprint density at radius 1 is 1.11 bits per heavy atom. The summed E-state index contributed by atoms with van der Waals surface area (Å²) in [6, 6.07) is 7.65. The van der Waals surface area contributed by atoms with Gasteiger partial charge in [-0.2, -0.15) is 15.0 Å². The number of anilines is 1. The maximum absolute atomic E-state index is 5.68. The molecular formula is C13H16N4O2. The molecule has 0 saturated heterocycles. The van der Waals surface area contributed by atoms with Crippen molar-refractivity contribution in [3.63, 3.8) is 0 Å². The molecule has 0 amide bonds. The van der Waals surface area contributed by atoms with Crippen LogP contribution in [0.25, 0.3) is 11.4 Å². The molecule has 1 aromatic heterocycles. The van der Waals surface area contributed by atoms with Crippen LogP contribution in [-0.2, 0) is 0 Å². The van der Waals surface area contributed by atoms with E-state index in [0.29, 0.717) is 11.6 Å². The lowest BCUT2D eigenvalue weighted by molar-refractivity contribution is 0.222. The van der Waals surface area contributed by atoms with Crippen LogP contribution in [0.1, 0.15) is 13.8 Å². The third-order valence-electron chi connectivity index (χ3n) is 2.32. The lowest BCUT2D eigenvalue weighted by Gasteiger charge is -2.10. The highest BCUT2D eigenvalue weighted by molar-refractivity contribution is 5.64. The zero-order valence-electron chi connectivity index (χ0n) is 11.1. The van der Waals surface area contributed by atoms with Crippen LogP contribution in [0.15, 0.2) is 24.3 Å². The molecule has 1 heterocycles. The van der Waals surface area contributed by atoms with Crippen molar-refractivity contribution in [1.29, 1.82) is 0 Å². The summed E-state index contributed by atoms with van der Waals surface area (Å²) in [5, 5.41) is 0. The van der Waals surface area contributed by atoms with Gasteiger partial charge in [-0.25, -0.2) is 0 Å². The van der Waals surface area contributed by atoms with Gasteiger partial charge < -0.3 is 15.2 Å². The minimum atomic E-state index is -0.0349. The molecule has 0 aliphatic rings. The Bertz CT molecular complexity index is 572. The Balaban J connectivity index is 2.47. The summed E-state index contributed by atoms with van der Waals surface area (Å²) in [7, 11) is 1.59. The Kier molecular flexibility index (Phi) is 3.79. The molecule has 1 aromatic carbocycles. The summed E-state index contributed by atoms with van der Waals surface area (Å²) in [6.07, 6.45) is -0.0349.